The molecule has 4 aromatic rings. The van der Waals surface area contributed by atoms with Crippen LogP contribution in [0.5, 0.6) is 0 Å². The van der Waals surface area contributed by atoms with E-state index < -0.39 is 5.91 Å². The summed E-state index contributed by atoms with van der Waals surface area (Å²) in [6, 6.07) is 11.0. The van der Waals surface area contributed by atoms with Crippen molar-refractivity contribution in [2.45, 2.75) is 13.5 Å². The number of aromatic nitrogens is 6. The molecule has 0 aliphatic rings. The van der Waals surface area contributed by atoms with Crippen LogP contribution in [0.1, 0.15) is 21.9 Å². The van der Waals surface area contributed by atoms with E-state index in [0.717, 1.165) is 11.3 Å². The number of hydrogen-bond donors (Lipinski definition) is 1. The lowest BCUT2D eigenvalue weighted by molar-refractivity contribution is 0.101. The highest BCUT2D eigenvalue weighted by atomic mass is 35.5. The number of benzene rings is 1. The van der Waals surface area contributed by atoms with E-state index in [1.54, 1.807) is 29.2 Å². The second-order valence-corrected chi connectivity index (χ2v) is 6.12. The standard InChI is InChI=1S/C17H14ClN7O/c1-11-6-8-19-17-22-15(23-25(11)17)16(26)21-14-7-9-20-24(14)10-12-2-4-13(18)5-3-12/h2-9H,10H2,1H3,(H,21,26). The fourth-order valence-electron chi connectivity index (χ4n) is 2.50. The third kappa shape index (κ3) is 3.14. The minimum Gasteiger partial charge on any atom is -0.304 e. The number of carbonyl (C=O) groups excluding carboxylic acids is 1. The molecule has 3 heterocycles. The molecule has 0 aliphatic heterocycles. The Morgan fingerprint density at radius 2 is 1.96 bits per heavy atom. The van der Waals surface area contributed by atoms with E-state index in [0.29, 0.717) is 23.2 Å². The molecule has 8 nitrogen and oxygen atoms in total. The largest absolute Gasteiger partial charge is 0.304 e. The van der Waals surface area contributed by atoms with Gasteiger partial charge in [0.15, 0.2) is 0 Å². The second-order valence-electron chi connectivity index (χ2n) is 5.69. The average Bonchev–Trinajstić information content (AvgIpc) is 3.25. The maximum absolute atomic E-state index is 12.5. The van der Waals surface area contributed by atoms with E-state index in [4.69, 9.17) is 11.6 Å². The van der Waals surface area contributed by atoms with Crippen molar-refractivity contribution >= 4 is 29.1 Å². The van der Waals surface area contributed by atoms with E-state index in [-0.39, 0.29) is 5.82 Å². The Hall–Kier alpha value is -3.26. The van der Waals surface area contributed by atoms with Crippen molar-refractivity contribution in [2.24, 2.45) is 0 Å². The van der Waals surface area contributed by atoms with Crippen LogP contribution in [-0.4, -0.2) is 35.3 Å². The summed E-state index contributed by atoms with van der Waals surface area (Å²) in [6.45, 7) is 2.37. The average molecular weight is 368 g/mol. The van der Waals surface area contributed by atoms with Gasteiger partial charge in [-0.2, -0.15) is 10.1 Å². The number of hydrogen-bond acceptors (Lipinski definition) is 5. The zero-order chi connectivity index (χ0) is 18.1. The Morgan fingerprint density at radius 1 is 1.15 bits per heavy atom. The van der Waals surface area contributed by atoms with Gasteiger partial charge in [-0.1, -0.05) is 23.7 Å². The topological polar surface area (TPSA) is 90.0 Å². The molecule has 1 amide bonds. The van der Waals surface area contributed by atoms with E-state index in [2.05, 4.69) is 25.5 Å². The van der Waals surface area contributed by atoms with Crippen LogP contribution >= 0.6 is 11.6 Å². The molecule has 1 N–H and O–H groups in total. The van der Waals surface area contributed by atoms with Gasteiger partial charge in [-0.15, -0.1) is 5.10 Å². The zero-order valence-electron chi connectivity index (χ0n) is 13.8. The van der Waals surface area contributed by atoms with Gasteiger partial charge in [0.05, 0.1) is 12.7 Å². The third-order valence-corrected chi connectivity index (χ3v) is 4.09. The van der Waals surface area contributed by atoms with Crippen LogP contribution in [0.4, 0.5) is 5.82 Å². The minimum atomic E-state index is -0.423. The van der Waals surface area contributed by atoms with Gasteiger partial charge in [0.25, 0.3) is 11.7 Å². The van der Waals surface area contributed by atoms with Crippen LogP contribution in [0.15, 0.2) is 48.8 Å². The summed E-state index contributed by atoms with van der Waals surface area (Å²) in [6.07, 6.45) is 3.25. The maximum atomic E-state index is 12.5. The highest BCUT2D eigenvalue weighted by Gasteiger charge is 2.16. The molecule has 26 heavy (non-hydrogen) atoms. The number of anilines is 1. The van der Waals surface area contributed by atoms with Gasteiger partial charge in [0.2, 0.25) is 5.82 Å². The lowest BCUT2D eigenvalue weighted by Crippen LogP contribution is -2.17. The van der Waals surface area contributed by atoms with Crippen LogP contribution < -0.4 is 5.32 Å². The van der Waals surface area contributed by atoms with E-state index in [9.17, 15) is 4.79 Å². The molecule has 0 radical (unpaired) electrons. The summed E-state index contributed by atoms with van der Waals surface area (Å²) in [5.74, 6) is 0.553. The fraction of sp³-hybridized carbons (Fsp3) is 0.118. The van der Waals surface area contributed by atoms with Gasteiger partial charge in [-0.25, -0.2) is 14.2 Å². The number of nitrogens with zero attached hydrogens (tertiary/aromatic N) is 6. The van der Waals surface area contributed by atoms with E-state index >= 15 is 0 Å². The molecule has 9 heteroatoms. The molecule has 0 unspecified atom stereocenters. The molecule has 0 fully saturated rings. The van der Waals surface area contributed by atoms with Crippen LogP contribution in [0.2, 0.25) is 5.02 Å². The van der Waals surface area contributed by atoms with Gasteiger partial charge in [0.1, 0.15) is 5.82 Å². The molecule has 0 atom stereocenters. The SMILES string of the molecule is Cc1ccnc2nc(C(=O)Nc3ccnn3Cc3ccc(Cl)cc3)nn12. The van der Waals surface area contributed by atoms with Crippen molar-refractivity contribution in [3.05, 3.63) is 70.9 Å². The monoisotopic (exact) mass is 367 g/mol. The summed E-state index contributed by atoms with van der Waals surface area (Å²) in [4.78, 5) is 20.8. The van der Waals surface area contributed by atoms with Crippen LogP contribution in [-0.2, 0) is 6.54 Å². The first-order valence-electron chi connectivity index (χ1n) is 7.86. The molecule has 0 saturated carbocycles. The van der Waals surface area contributed by atoms with Crippen LogP contribution in [0.3, 0.4) is 0 Å². The smallest absolute Gasteiger partial charge is 0.296 e. The summed E-state index contributed by atoms with van der Waals surface area (Å²) in [7, 11) is 0. The van der Waals surface area contributed by atoms with Crippen LogP contribution in [0.25, 0.3) is 5.78 Å². The second kappa shape index (κ2) is 6.57. The summed E-state index contributed by atoms with van der Waals surface area (Å²) < 4.78 is 3.21. The Kier molecular flexibility index (Phi) is 4.10. The van der Waals surface area contributed by atoms with Crippen molar-refractivity contribution < 1.29 is 4.79 Å². The first-order valence-corrected chi connectivity index (χ1v) is 8.24. The van der Waals surface area contributed by atoms with Crippen molar-refractivity contribution in [1.29, 1.82) is 0 Å². The first kappa shape index (κ1) is 16.2. The van der Waals surface area contributed by atoms with E-state index in [1.165, 1.54) is 4.52 Å². The predicted octanol–water partition coefficient (Wildman–Crippen LogP) is 2.58. The number of aryl methyl sites for hydroxylation is 1. The lowest BCUT2D eigenvalue weighted by atomic mass is 10.2. The lowest BCUT2D eigenvalue weighted by Gasteiger charge is -2.08. The van der Waals surface area contributed by atoms with Gasteiger partial charge in [0, 0.05) is 23.0 Å². The summed E-state index contributed by atoms with van der Waals surface area (Å²) in [5.41, 5.74) is 1.86. The first-order chi connectivity index (χ1) is 12.6. The number of rotatable bonds is 4. The predicted molar refractivity (Wildman–Crippen MR) is 96.3 cm³/mol. The number of carbonyl (C=O) groups is 1. The quantitative estimate of drug-likeness (QED) is 0.598. The maximum Gasteiger partial charge on any atom is 0.296 e. The van der Waals surface area contributed by atoms with Gasteiger partial charge >= 0.3 is 0 Å². The number of nitrogens with one attached hydrogen (secondary N) is 1. The Bertz CT molecular complexity index is 1080. The molecule has 1 aromatic carbocycles. The van der Waals surface area contributed by atoms with Crippen LogP contribution in [0, 0.1) is 6.92 Å². The van der Waals surface area contributed by atoms with Crippen molar-refractivity contribution in [2.75, 3.05) is 5.32 Å². The molecule has 0 spiro atoms. The number of halogens is 1. The molecule has 3 aromatic heterocycles. The highest BCUT2D eigenvalue weighted by Crippen LogP contribution is 2.14. The zero-order valence-corrected chi connectivity index (χ0v) is 14.6. The van der Waals surface area contributed by atoms with Crippen molar-refractivity contribution in [1.82, 2.24) is 29.4 Å². The molecule has 0 aliphatic carbocycles. The fourth-order valence-corrected chi connectivity index (χ4v) is 2.63. The molecule has 0 bridgehead atoms. The molecule has 0 saturated heterocycles. The Morgan fingerprint density at radius 3 is 2.73 bits per heavy atom. The van der Waals surface area contributed by atoms with Gasteiger partial charge in [-0.3, -0.25) is 4.79 Å². The number of fused-ring (bicyclic) bond motifs is 1. The molecular formula is C17H14ClN7O. The number of amides is 1. The summed E-state index contributed by atoms with van der Waals surface area (Å²) >= 11 is 5.91. The van der Waals surface area contributed by atoms with Gasteiger partial charge in [-0.05, 0) is 30.7 Å². The molecule has 130 valence electrons. The Labute approximate surface area is 153 Å². The Balaban J connectivity index is 1.55. The van der Waals surface area contributed by atoms with Gasteiger partial charge < -0.3 is 5.32 Å². The minimum absolute atomic E-state index is 0.0473. The molecule has 4 rings (SSSR count). The highest BCUT2D eigenvalue weighted by molar-refractivity contribution is 6.30. The molecular weight excluding hydrogens is 354 g/mol. The third-order valence-electron chi connectivity index (χ3n) is 3.84. The summed E-state index contributed by atoms with van der Waals surface area (Å²) in [5, 5.41) is 11.9. The van der Waals surface area contributed by atoms with Crippen molar-refractivity contribution in [3.63, 3.8) is 0 Å². The normalized spacial score (nSPS) is 11.0. The van der Waals surface area contributed by atoms with Crippen molar-refractivity contribution in [3.8, 4) is 0 Å². The van der Waals surface area contributed by atoms with E-state index in [1.807, 2.05) is 31.2 Å².